The first-order chi connectivity index (χ1) is 7.34. The van der Waals surface area contributed by atoms with Gasteiger partial charge >= 0.3 is 0 Å². The Kier molecular flexibility index (Phi) is 4.42. The third-order valence-electron chi connectivity index (χ3n) is 3.66. The number of ether oxygens (including phenoxy) is 1. The molecule has 1 saturated heterocycles. The average molecular weight is 212 g/mol. The van der Waals surface area contributed by atoms with Crippen LogP contribution in [0.15, 0.2) is 0 Å². The summed E-state index contributed by atoms with van der Waals surface area (Å²) in [7, 11) is 0. The molecule has 2 atom stereocenters. The molecule has 0 amide bonds. The summed E-state index contributed by atoms with van der Waals surface area (Å²) in [4.78, 5) is 2.49. The van der Waals surface area contributed by atoms with Crippen molar-refractivity contribution in [1.82, 2.24) is 10.2 Å². The van der Waals surface area contributed by atoms with Crippen molar-refractivity contribution in [2.45, 2.75) is 32.2 Å². The second-order valence-corrected chi connectivity index (χ2v) is 5.02. The van der Waals surface area contributed by atoms with Crippen molar-refractivity contribution in [3.05, 3.63) is 0 Å². The maximum absolute atomic E-state index is 5.33. The molecule has 2 rings (SSSR count). The van der Waals surface area contributed by atoms with Crippen LogP contribution in [0.1, 0.15) is 26.2 Å². The Morgan fingerprint density at radius 3 is 2.73 bits per heavy atom. The quantitative estimate of drug-likeness (QED) is 0.755. The van der Waals surface area contributed by atoms with E-state index >= 15 is 0 Å². The van der Waals surface area contributed by atoms with E-state index in [9.17, 15) is 0 Å². The molecular weight excluding hydrogens is 188 g/mol. The summed E-state index contributed by atoms with van der Waals surface area (Å²) in [6.07, 6.45) is 4.17. The molecule has 1 aliphatic heterocycles. The minimum Gasteiger partial charge on any atom is -0.379 e. The molecule has 1 heterocycles. The van der Waals surface area contributed by atoms with Gasteiger partial charge in [0, 0.05) is 32.2 Å². The zero-order chi connectivity index (χ0) is 10.5. The van der Waals surface area contributed by atoms with Gasteiger partial charge in [-0.1, -0.05) is 6.92 Å². The van der Waals surface area contributed by atoms with Crippen LogP contribution in [0.5, 0.6) is 0 Å². The fourth-order valence-electron chi connectivity index (χ4n) is 2.64. The van der Waals surface area contributed by atoms with Crippen molar-refractivity contribution in [1.29, 1.82) is 0 Å². The summed E-state index contributed by atoms with van der Waals surface area (Å²) in [5.74, 6) is 0.936. The maximum Gasteiger partial charge on any atom is 0.0594 e. The first-order valence-corrected chi connectivity index (χ1v) is 6.38. The average Bonchev–Trinajstić information content (AvgIpc) is 2.66. The summed E-state index contributed by atoms with van der Waals surface area (Å²) in [6, 6.07) is 0.793. The Bertz CT molecular complexity index is 176. The highest BCUT2D eigenvalue weighted by Crippen LogP contribution is 2.24. The van der Waals surface area contributed by atoms with Gasteiger partial charge in [-0.2, -0.15) is 0 Å². The molecule has 0 bridgehead atoms. The number of nitrogens with one attached hydrogen (secondary N) is 1. The predicted octanol–water partition coefficient (Wildman–Crippen LogP) is 1.10. The number of rotatable bonds is 4. The van der Waals surface area contributed by atoms with E-state index in [-0.39, 0.29) is 0 Å². The minimum atomic E-state index is 0.793. The van der Waals surface area contributed by atoms with Gasteiger partial charge in [0.25, 0.3) is 0 Å². The minimum absolute atomic E-state index is 0.793. The van der Waals surface area contributed by atoms with E-state index in [1.165, 1.54) is 25.8 Å². The van der Waals surface area contributed by atoms with Crippen LogP contribution in [-0.4, -0.2) is 50.3 Å². The Labute approximate surface area is 93.2 Å². The van der Waals surface area contributed by atoms with Crippen LogP contribution < -0.4 is 5.32 Å². The molecule has 15 heavy (non-hydrogen) atoms. The second-order valence-electron chi connectivity index (χ2n) is 5.02. The van der Waals surface area contributed by atoms with E-state index in [1.54, 1.807) is 0 Å². The van der Waals surface area contributed by atoms with Gasteiger partial charge in [0.05, 0.1) is 13.2 Å². The summed E-state index contributed by atoms with van der Waals surface area (Å²) in [5, 5.41) is 3.68. The molecule has 1 saturated carbocycles. The molecule has 0 aromatic heterocycles. The van der Waals surface area contributed by atoms with Crippen molar-refractivity contribution < 1.29 is 4.74 Å². The fraction of sp³-hybridized carbons (Fsp3) is 1.00. The second kappa shape index (κ2) is 5.83. The van der Waals surface area contributed by atoms with E-state index in [0.717, 1.165) is 44.8 Å². The number of hydrogen-bond donors (Lipinski definition) is 1. The third kappa shape index (κ3) is 3.74. The van der Waals surface area contributed by atoms with Crippen molar-refractivity contribution in [3.63, 3.8) is 0 Å². The van der Waals surface area contributed by atoms with Gasteiger partial charge in [0.2, 0.25) is 0 Å². The predicted molar refractivity (Wildman–Crippen MR) is 62.1 cm³/mol. The van der Waals surface area contributed by atoms with E-state index in [4.69, 9.17) is 4.74 Å². The van der Waals surface area contributed by atoms with E-state index < -0.39 is 0 Å². The number of hydrogen-bond acceptors (Lipinski definition) is 3. The highest BCUT2D eigenvalue weighted by atomic mass is 16.5. The number of morpholine rings is 1. The van der Waals surface area contributed by atoms with Gasteiger partial charge in [0.1, 0.15) is 0 Å². The molecule has 0 radical (unpaired) electrons. The lowest BCUT2D eigenvalue weighted by molar-refractivity contribution is 0.0381. The summed E-state index contributed by atoms with van der Waals surface area (Å²) < 4.78 is 5.33. The lowest BCUT2D eigenvalue weighted by Gasteiger charge is -2.27. The van der Waals surface area contributed by atoms with Crippen LogP contribution in [-0.2, 0) is 4.74 Å². The standard InChI is InChI=1S/C12H24N2O/c1-11-2-3-12(10-11)13-4-5-14-6-8-15-9-7-14/h11-13H,2-10H2,1H3/t11-,12-/m0/s1. The largest absolute Gasteiger partial charge is 0.379 e. The Hall–Kier alpha value is -0.120. The van der Waals surface area contributed by atoms with Crippen molar-refractivity contribution in [2.75, 3.05) is 39.4 Å². The van der Waals surface area contributed by atoms with Crippen LogP contribution in [0.3, 0.4) is 0 Å². The van der Waals surface area contributed by atoms with Crippen LogP contribution >= 0.6 is 0 Å². The molecule has 0 aromatic carbocycles. The lowest BCUT2D eigenvalue weighted by Crippen LogP contribution is -2.41. The molecule has 0 aromatic rings. The van der Waals surface area contributed by atoms with Gasteiger partial charge in [-0.05, 0) is 25.2 Å². The maximum atomic E-state index is 5.33. The van der Waals surface area contributed by atoms with Crippen LogP contribution in [0.4, 0.5) is 0 Å². The van der Waals surface area contributed by atoms with Gasteiger partial charge in [-0.3, -0.25) is 4.90 Å². The Balaban J connectivity index is 1.54. The van der Waals surface area contributed by atoms with Crippen LogP contribution in [0.25, 0.3) is 0 Å². The molecule has 3 nitrogen and oxygen atoms in total. The van der Waals surface area contributed by atoms with E-state index in [2.05, 4.69) is 17.1 Å². The van der Waals surface area contributed by atoms with Crippen molar-refractivity contribution in [2.24, 2.45) is 5.92 Å². The fourth-order valence-corrected chi connectivity index (χ4v) is 2.64. The van der Waals surface area contributed by atoms with Gasteiger partial charge in [0.15, 0.2) is 0 Å². The van der Waals surface area contributed by atoms with Gasteiger partial charge in [-0.15, -0.1) is 0 Å². The Morgan fingerprint density at radius 2 is 2.07 bits per heavy atom. The first kappa shape index (κ1) is 11.4. The molecule has 0 spiro atoms. The number of nitrogens with zero attached hydrogens (tertiary/aromatic N) is 1. The van der Waals surface area contributed by atoms with Gasteiger partial charge < -0.3 is 10.1 Å². The summed E-state index contributed by atoms with van der Waals surface area (Å²) in [5.41, 5.74) is 0. The van der Waals surface area contributed by atoms with Gasteiger partial charge in [-0.25, -0.2) is 0 Å². The summed E-state index contributed by atoms with van der Waals surface area (Å²) >= 11 is 0. The molecule has 0 unspecified atom stereocenters. The highest BCUT2D eigenvalue weighted by Gasteiger charge is 2.20. The molecule has 2 aliphatic rings. The first-order valence-electron chi connectivity index (χ1n) is 6.38. The zero-order valence-electron chi connectivity index (χ0n) is 9.87. The topological polar surface area (TPSA) is 24.5 Å². The van der Waals surface area contributed by atoms with Crippen LogP contribution in [0, 0.1) is 5.92 Å². The molecule has 2 fully saturated rings. The molecule has 1 aliphatic carbocycles. The SMILES string of the molecule is C[C@H]1CC[C@H](NCCN2CCOCC2)C1. The van der Waals surface area contributed by atoms with Crippen molar-refractivity contribution in [3.8, 4) is 0 Å². The molecule has 1 N–H and O–H groups in total. The normalized spacial score (nSPS) is 33.4. The lowest BCUT2D eigenvalue weighted by atomic mass is 10.1. The smallest absolute Gasteiger partial charge is 0.0594 e. The summed E-state index contributed by atoms with van der Waals surface area (Å²) in [6.45, 7) is 8.77. The zero-order valence-corrected chi connectivity index (χ0v) is 9.87. The highest BCUT2D eigenvalue weighted by molar-refractivity contribution is 4.78. The molecule has 3 heteroatoms. The van der Waals surface area contributed by atoms with E-state index in [0.29, 0.717) is 0 Å². The van der Waals surface area contributed by atoms with Crippen molar-refractivity contribution >= 4 is 0 Å². The molecule has 88 valence electrons. The molecular formula is C12H24N2O. The van der Waals surface area contributed by atoms with E-state index in [1.807, 2.05) is 0 Å². The monoisotopic (exact) mass is 212 g/mol. The van der Waals surface area contributed by atoms with Crippen LogP contribution in [0.2, 0.25) is 0 Å². The third-order valence-corrected chi connectivity index (χ3v) is 3.66. The Morgan fingerprint density at radius 1 is 1.27 bits per heavy atom.